The van der Waals surface area contributed by atoms with Crippen molar-refractivity contribution < 1.29 is 22.4 Å². The number of unbranched alkanes of at least 4 members (excludes halogenated alkanes) is 10. The minimum atomic E-state index is -3.26. The van der Waals surface area contributed by atoms with Crippen molar-refractivity contribution in [3.63, 3.8) is 0 Å². The van der Waals surface area contributed by atoms with Crippen LogP contribution in [0.2, 0.25) is 0 Å². The minimum absolute atomic E-state index is 0.139. The Morgan fingerprint density at radius 2 is 1.15 bits per heavy atom. The van der Waals surface area contributed by atoms with Gasteiger partial charge in [-0.15, -0.1) is 0 Å². The van der Waals surface area contributed by atoms with Crippen LogP contribution in [0.4, 0.5) is 8.78 Å². The Bertz CT molecular complexity index is 1050. The average Bonchev–Trinajstić information content (AvgIpc) is 2.93. The van der Waals surface area contributed by atoms with E-state index in [0.717, 1.165) is 44.1 Å². The number of rotatable bonds is 21. The zero-order chi connectivity index (χ0) is 29.4. The number of halogens is 3. The monoisotopic (exact) mass is 642 g/mol. The van der Waals surface area contributed by atoms with Gasteiger partial charge in [-0.1, -0.05) is 102 Å². The molecular weight excluding hydrogens is 593 g/mol. The molecule has 0 saturated carbocycles. The predicted octanol–water partition coefficient (Wildman–Crippen LogP) is 12.0. The van der Waals surface area contributed by atoms with Gasteiger partial charge in [0.1, 0.15) is 11.6 Å². The summed E-state index contributed by atoms with van der Waals surface area (Å²) < 4.78 is 56.3. The number of benzene rings is 2. The maximum Gasteiger partial charge on any atom is 0.335 e. The zero-order valence-electron chi connectivity index (χ0n) is 25.1. The van der Waals surface area contributed by atoms with Crippen molar-refractivity contribution in [2.24, 2.45) is 0 Å². The Morgan fingerprint density at radius 1 is 0.675 bits per heavy atom. The first kappa shape index (κ1) is 35.1. The molecule has 0 aliphatic carbocycles. The van der Waals surface area contributed by atoms with Crippen molar-refractivity contribution in [2.45, 2.75) is 124 Å². The topological polar surface area (TPSA) is 35.5 Å². The van der Waals surface area contributed by atoms with Crippen LogP contribution in [0.5, 0.6) is 0 Å². The second-order valence-electron chi connectivity index (χ2n) is 10.6. The molecule has 0 aliphatic rings. The fourth-order valence-corrected chi connectivity index (χ4v) is 7.51. The van der Waals surface area contributed by atoms with Crippen molar-refractivity contribution in [1.82, 2.24) is 0 Å². The van der Waals surface area contributed by atoms with Crippen LogP contribution in [0, 0.1) is 11.6 Å². The van der Waals surface area contributed by atoms with Crippen molar-refractivity contribution in [3.8, 4) is 11.1 Å². The van der Waals surface area contributed by atoms with E-state index in [4.69, 9.17) is 9.05 Å². The Balaban J connectivity index is 2.36. The molecule has 0 N–H and O–H groups in total. The highest BCUT2D eigenvalue weighted by atomic mass is 79.9. The molecule has 0 amide bonds. The molecule has 2 rings (SSSR count). The Labute approximate surface area is 250 Å². The summed E-state index contributed by atoms with van der Waals surface area (Å²) in [7, 11) is -3.26. The largest absolute Gasteiger partial charge is 0.335 e. The standard InChI is InChI=1S/C33H50BrF2O3P/c1-5-9-11-13-15-17-19-28-30(27-23-21-26(22-24-27)25-40(37,38-7-3)39-8-4)32(35)29(31(34)33(28)36)20-18-16-14-12-10-6-2/h21-24H,5-20,25H2,1-4H3. The normalized spacial score (nSPS) is 11.9. The van der Waals surface area contributed by atoms with E-state index in [1.807, 2.05) is 24.3 Å². The lowest BCUT2D eigenvalue weighted by Crippen LogP contribution is -2.06. The molecule has 0 bridgehead atoms. The summed E-state index contributed by atoms with van der Waals surface area (Å²) in [6.45, 7) is 8.53. The summed E-state index contributed by atoms with van der Waals surface area (Å²) in [6, 6.07) is 7.26. The highest BCUT2D eigenvalue weighted by Crippen LogP contribution is 2.51. The first-order chi connectivity index (χ1) is 19.3. The first-order valence-electron chi connectivity index (χ1n) is 15.5. The molecular formula is C33H50BrF2O3P. The lowest BCUT2D eigenvalue weighted by Gasteiger charge is -2.19. The third-order valence-corrected chi connectivity index (χ3v) is 10.2. The van der Waals surface area contributed by atoms with Crippen LogP contribution in [-0.2, 0) is 32.6 Å². The van der Waals surface area contributed by atoms with Crippen LogP contribution in [0.15, 0.2) is 28.7 Å². The van der Waals surface area contributed by atoms with Crippen molar-refractivity contribution in [2.75, 3.05) is 13.2 Å². The number of hydrogen-bond acceptors (Lipinski definition) is 3. The van der Waals surface area contributed by atoms with Crippen molar-refractivity contribution in [3.05, 3.63) is 57.1 Å². The average molecular weight is 644 g/mol. The zero-order valence-corrected chi connectivity index (χ0v) is 27.6. The molecule has 0 saturated heterocycles. The Hall–Kier alpha value is -1.07. The van der Waals surface area contributed by atoms with Gasteiger partial charge in [0.15, 0.2) is 0 Å². The van der Waals surface area contributed by atoms with Crippen LogP contribution >= 0.6 is 23.5 Å². The van der Waals surface area contributed by atoms with E-state index < -0.39 is 7.60 Å². The highest BCUT2D eigenvalue weighted by molar-refractivity contribution is 9.10. The fourth-order valence-electron chi connectivity index (χ4n) is 5.20. The predicted molar refractivity (Wildman–Crippen MR) is 168 cm³/mol. The SMILES string of the molecule is CCCCCCCCc1c(F)c(-c2ccc(CP(=O)(OCC)OCC)cc2)c(CCCCCCCC)c(F)c1Br. The third kappa shape index (κ3) is 11.0. The van der Waals surface area contributed by atoms with Crippen molar-refractivity contribution in [1.29, 1.82) is 0 Å². The van der Waals surface area contributed by atoms with Gasteiger partial charge in [-0.3, -0.25) is 4.57 Å². The van der Waals surface area contributed by atoms with E-state index in [1.165, 1.54) is 38.5 Å². The molecule has 0 aromatic heterocycles. The maximum absolute atomic E-state index is 16.3. The molecule has 0 fully saturated rings. The second-order valence-corrected chi connectivity index (χ2v) is 13.5. The fraction of sp³-hybridized carbons (Fsp3) is 0.636. The summed E-state index contributed by atoms with van der Waals surface area (Å²) >= 11 is 3.43. The summed E-state index contributed by atoms with van der Waals surface area (Å²) in [5, 5.41) is 0. The summed E-state index contributed by atoms with van der Waals surface area (Å²) in [6.07, 6.45) is 14.2. The summed E-state index contributed by atoms with van der Waals surface area (Å²) in [5.41, 5.74) is 2.64. The van der Waals surface area contributed by atoms with Crippen LogP contribution < -0.4 is 0 Å². The van der Waals surface area contributed by atoms with Gasteiger partial charge in [-0.25, -0.2) is 8.78 Å². The quantitative estimate of drug-likeness (QED) is 0.0771. The van der Waals surface area contributed by atoms with E-state index in [0.29, 0.717) is 48.3 Å². The smallest absolute Gasteiger partial charge is 0.309 e. The highest BCUT2D eigenvalue weighted by Gasteiger charge is 2.26. The van der Waals surface area contributed by atoms with Gasteiger partial charge >= 0.3 is 7.60 Å². The van der Waals surface area contributed by atoms with Crippen molar-refractivity contribution >= 4 is 23.5 Å². The molecule has 0 atom stereocenters. The molecule has 0 heterocycles. The van der Waals surface area contributed by atoms with E-state index in [1.54, 1.807) is 13.8 Å². The van der Waals surface area contributed by atoms with E-state index in [2.05, 4.69) is 29.8 Å². The Morgan fingerprint density at radius 3 is 1.65 bits per heavy atom. The van der Waals surface area contributed by atoms with Crippen LogP contribution in [-0.4, -0.2) is 13.2 Å². The van der Waals surface area contributed by atoms with E-state index in [9.17, 15) is 4.57 Å². The summed E-state index contributed by atoms with van der Waals surface area (Å²) in [4.78, 5) is 0. The first-order valence-corrected chi connectivity index (χ1v) is 18.0. The maximum atomic E-state index is 16.3. The van der Waals surface area contributed by atoms with Gasteiger partial charge in [0.05, 0.1) is 23.8 Å². The molecule has 2 aromatic carbocycles. The third-order valence-electron chi connectivity index (χ3n) is 7.34. The molecule has 7 heteroatoms. The van der Waals surface area contributed by atoms with Crippen LogP contribution in [0.3, 0.4) is 0 Å². The molecule has 0 unspecified atom stereocenters. The molecule has 0 radical (unpaired) electrons. The van der Waals surface area contributed by atoms with Gasteiger partial charge in [0.25, 0.3) is 0 Å². The second kappa shape index (κ2) is 19.2. The number of hydrogen-bond donors (Lipinski definition) is 0. The van der Waals surface area contributed by atoms with Gasteiger partial charge in [-0.05, 0) is 72.2 Å². The lowest BCUT2D eigenvalue weighted by molar-refractivity contribution is 0.219. The molecule has 40 heavy (non-hydrogen) atoms. The molecule has 0 spiro atoms. The summed E-state index contributed by atoms with van der Waals surface area (Å²) in [5.74, 6) is -0.669. The lowest BCUT2D eigenvalue weighted by atomic mass is 9.90. The molecule has 3 nitrogen and oxygen atoms in total. The van der Waals surface area contributed by atoms with Crippen LogP contribution in [0.1, 0.15) is 121 Å². The Kier molecular flexibility index (Phi) is 16.8. The van der Waals surface area contributed by atoms with Gasteiger partial charge in [0, 0.05) is 11.1 Å². The minimum Gasteiger partial charge on any atom is -0.309 e. The van der Waals surface area contributed by atoms with Gasteiger partial charge in [0.2, 0.25) is 0 Å². The van der Waals surface area contributed by atoms with Gasteiger partial charge < -0.3 is 9.05 Å². The van der Waals surface area contributed by atoms with Gasteiger partial charge in [-0.2, -0.15) is 0 Å². The van der Waals surface area contributed by atoms with E-state index in [-0.39, 0.29) is 22.3 Å². The van der Waals surface area contributed by atoms with E-state index >= 15 is 8.78 Å². The molecule has 2 aromatic rings. The molecule has 0 aliphatic heterocycles. The van der Waals surface area contributed by atoms with Crippen LogP contribution in [0.25, 0.3) is 11.1 Å². The molecule has 226 valence electrons.